The van der Waals surface area contributed by atoms with Gasteiger partial charge in [-0.15, -0.1) is 0 Å². The molecule has 0 aromatic rings. The van der Waals surface area contributed by atoms with Gasteiger partial charge in [0.1, 0.15) is 0 Å². The summed E-state index contributed by atoms with van der Waals surface area (Å²) in [5.74, 6) is 0. The monoisotopic (exact) mass is 612 g/mol. The van der Waals surface area contributed by atoms with Crippen molar-refractivity contribution in [3.8, 4) is 0 Å². The number of unbranched alkanes of at least 4 members (excludes halogenated alkanes) is 30. The Bertz CT molecular complexity index is 440. The van der Waals surface area contributed by atoms with Crippen LogP contribution in [0.3, 0.4) is 0 Å². The Morgan fingerprint density at radius 3 is 0.762 bits per heavy atom. The molecule has 0 heterocycles. The zero-order valence-corrected chi connectivity index (χ0v) is 30.5. The van der Waals surface area contributed by atoms with E-state index < -0.39 is 0 Å². The first-order valence-electron chi connectivity index (χ1n) is 19.8. The van der Waals surface area contributed by atoms with Crippen molar-refractivity contribution in [3.63, 3.8) is 0 Å². The van der Waals surface area contributed by atoms with E-state index in [4.69, 9.17) is 0 Å². The summed E-state index contributed by atoms with van der Waals surface area (Å²) in [6, 6.07) is 0. The molecular weight excluding hydrogens is 530 g/mol. The predicted octanol–water partition coefficient (Wildman–Crippen LogP) is 9.97. The van der Waals surface area contributed by atoms with Gasteiger partial charge < -0.3 is 17.3 Å². The van der Waals surface area contributed by atoms with E-state index in [0.29, 0.717) is 0 Å². The fraction of sp³-hybridized carbons (Fsp3) is 0.950. The summed E-state index contributed by atoms with van der Waals surface area (Å²) >= 11 is 0. The van der Waals surface area contributed by atoms with Crippen LogP contribution in [0.25, 0.3) is 0 Å². The van der Waals surface area contributed by atoms with E-state index in [9.17, 15) is 0 Å². The number of rotatable bonds is 36. The molecule has 0 saturated carbocycles. The van der Waals surface area contributed by atoms with Gasteiger partial charge in [-0.1, -0.05) is 200 Å². The summed E-state index contributed by atoms with van der Waals surface area (Å²) < 4.78 is 0. The number of nitrogens with one attached hydrogen (secondary N) is 1. The van der Waals surface area contributed by atoms with Gasteiger partial charge in [-0.05, 0) is 38.7 Å². The Labute approximate surface area is 274 Å². The Kier molecular flexibility index (Phi) is 43.1. The van der Waals surface area contributed by atoms with E-state index in [2.05, 4.69) is 32.9 Å². The van der Waals surface area contributed by atoms with Crippen molar-refractivity contribution in [2.45, 2.75) is 226 Å². The standard InChI is InChI=1S/C40H81N.ClH/c1-4-7-10-12-14-16-18-20-22-24-26-28-30-32-34-36-39-41(38-9-6-3)40-37-35-33-31-29-27-25-23-21-19-17-15-13-11-8-5-2;/h6,9H,4-5,7-8,10-40H2,1-3H3;1H. The van der Waals surface area contributed by atoms with Crippen molar-refractivity contribution in [1.82, 2.24) is 0 Å². The molecule has 0 rings (SSSR count). The maximum Gasteiger partial charge on any atom is 0.0957 e. The Morgan fingerprint density at radius 2 is 0.548 bits per heavy atom. The molecule has 0 radical (unpaired) electrons. The molecule has 0 aromatic heterocycles. The van der Waals surface area contributed by atoms with Crippen LogP contribution in [0, 0.1) is 0 Å². The van der Waals surface area contributed by atoms with Gasteiger partial charge in [-0.25, -0.2) is 0 Å². The third-order valence-electron chi connectivity index (χ3n) is 9.41. The van der Waals surface area contributed by atoms with Gasteiger partial charge in [0, 0.05) is 0 Å². The third kappa shape index (κ3) is 38.0. The number of halogens is 1. The SMILES string of the molecule is CC=CC[NH+](CCCCCCCCCCCCCCCCCC)CCCCCCCCCCCCCCCCCC.[Cl-]. The maximum atomic E-state index is 2.40. The van der Waals surface area contributed by atoms with Crippen LogP contribution in [0.1, 0.15) is 226 Å². The molecule has 42 heavy (non-hydrogen) atoms. The van der Waals surface area contributed by atoms with Gasteiger partial charge in [-0.3, -0.25) is 0 Å². The molecule has 0 unspecified atom stereocenters. The van der Waals surface area contributed by atoms with Crippen molar-refractivity contribution in [1.29, 1.82) is 0 Å². The minimum Gasteiger partial charge on any atom is -1.00 e. The molecule has 0 atom stereocenters. The summed E-state index contributed by atoms with van der Waals surface area (Å²) in [6.45, 7) is 10.8. The highest BCUT2D eigenvalue weighted by Gasteiger charge is 2.06. The minimum absolute atomic E-state index is 0. The van der Waals surface area contributed by atoms with Crippen LogP contribution >= 0.6 is 0 Å². The van der Waals surface area contributed by atoms with Crippen LogP contribution in [-0.4, -0.2) is 19.6 Å². The van der Waals surface area contributed by atoms with Gasteiger partial charge in [0.25, 0.3) is 0 Å². The van der Waals surface area contributed by atoms with Crippen LogP contribution in [0.4, 0.5) is 0 Å². The van der Waals surface area contributed by atoms with Crippen molar-refractivity contribution >= 4 is 0 Å². The van der Waals surface area contributed by atoms with E-state index in [1.807, 2.05) is 4.90 Å². The van der Waals surface area contributed by atoms with Gasteiger partial charge in [0.15, 0.2) is 0 Å². The largest absolute Gasteiger partial charge is 1.00 e. The molecule has 0 amide bonds. The van der Waals surface area contributed by atoms with E-state index in [0.717, 1.165) is 0 Å². The molecule has 0 bridgehead atoms. The highest BCUT2D eigenvalue weighted by molar-refractivity contribution is 4.75. The molecule has 0 aromatic carbocycles. The van der Waals surface area contributed by atoms with E-state index >= 15 is 0 Å². The highest BCUT2D eigenvalue weighted by Crippen LogP contribution is 2.15. The van der Waals surface area contributed by atoms with Crippen LogP contribution in [-0.2, 0) is 0 Å². The quantitative estimate of drug-likeness (QED) is 0.0531. The zero-order chi connectivity index (χ0) is 29.7. The van der Waals surface area contributed by atoms with Gasteiger partial charge >= 0.3 is 0 Å². The number of hydrogen-bond donors (Lipinski definition) is 1. The number of hydrogen-bond acceptors (Lipinski definition) is 0. The average Bonchev–Trinajstić information content (AvgIpc) is 2.98. The van der Waals surface area contributed by atoms with Crippen molar-refractivity contribution in [2.75, 3.05) is 19.6 Å². The molecule has 0 aliphatic heterocycles. The second kappa shape index (κ2) is 41.0. The molecule has 1 nitrogen and oxygen atoms in total. The number of quaternary nitrogens is 1. The van der Waals surface area contributed by atoms with Crippen LogP contribution in [0.5, 0.6) is 0 Å². The normalized spacial score (nSPS) is 11.6. The van der Waals surface area contributed by atoms with E-state index in [1.54, 1.807) is 0 Å². The molecule has 0 aliphatic rings. The topological polar surface area (TPSA) is 4.44 Å². The lowest BCUT2D eigenvalue weighted by molar-refractivity contribution is -0.894. The summed E-state index contributed by atoms with van der Waals surface area (Å²) in [6.07, 6.45) is 51.5. The minimum atomic E-state index is 0. The lowest BCUT2D eigenvalue weighted by atomic mass is 10.0. The van der Waals surface area contributed by atoms with E-state index in [-0.39, 0.29) is 12.4 Å². The fourth-order valence-electron chi connectivity index (χ4n) is 6.46. The van der Waals surface area contributed by atoms with Crippen LogP contribution in [0.2, 0.25) is 0 Å². The molecule has 254 valence electrons. The smallest absolute Gasteiger partial charge is 0.0957 e. The Hall–Kier alpha value is -0.0100. The fourth-order valence-corrected chi connectivity index (χ4v) is 6.46. The van der Waals surface area contributed by atoms with Crippen LogP contribution in [0.15, 0.2) is 12.2 Å². The summed E-state index contributed by atoms with van der Waals surface area (Å²) in [5, 5.41) is 0. The molecule has 0 spiro atoms. The first-order chi connectivity index (χ1) is 20.3. The molecule has 1 N–H and O–H groups in total. The molecule has 0 aliphatic carbocycles. The predicted molar refractivity (Wildman–Crippen MR) is 189 cm³/mol. The lowest BCUT2D eigenvalue weighted by Gasteiger charge is -2.18. The van der Waals surface area contributed by atoms with Gasteiger partial charge in [0.2, 0.25) is 0 Å². The summed E-state index contributed by atoms with van der Waals surface area (Å²) in [7, 11) is 0. The molecule has 0 fully saturated rings. The highest BCUT2D eigenvalue weighted by atomic mass is 35.5. The summed E-state index contributed by atoms with van der Waals surface area (Å²) in [5.41, 5.74) is 0. The lowest BCUT2D eigenvalue weighted by Crippen LogP contribution is -3.11. The maximum absolute atomic E-state index is 2.40. The van der Waals surface area contributed by atoms with E-state index in [1.165, 1.54) is 225 Å². The Balaban J connectivity index is 0. The average molecular weight is 613 g/mol. The molecule has 0 saturated heterocycles. The third-order valence-corrected chi connectivity index (χ3v) is 9.41. The van der Waals surface area contributed by atoms with Crippen molar-refractivity contribution in [3.05, 3.63) is 12.2 Å². The second-order valence-corrected chi connectivity index (χ2v) is 13.6. The van der Waals surface area contributed by atoms with Crippen molar-refractivity contribution < 1.29 is 17.3 Å². The van der Waals surface area contributed by atoms with Crippen molar-refractivity contribution in [2.24, 2.45) is 0 Å². The van der Waals surface area contributed by atoms with Gasteiger partial charge in [0.05, 0.1) is 19.6 Å². The Morgan fingerprint density at radius 1 is 0.333 bits per heavy atom. The van der Waals surface area contributed by atoms with Crippen LogP contribution < -0.4 is 17.3 Å². The molecular formula is C40H82ClN. The van der Waals surface area contributed by atoms with Gasteiger partial charge in [-0.2, -0.15) is 0 Å². The molecule has 2 heteroatoms. The second-order valence-electron chi connectivity index (χ2n) is 13.6. The number of allylic oxidation sites excluding steroid dienone is 1. The summed E-state index contributed by atoms with van der Waals surface area (Å²) in [4.78, 5) is 1.83. The first kappa shape index (κ1) is 44.1. The first-order valence-corrected chi connectivity index (χ1v) is 19.8. The zero-order valence-electron chi connectivity index (χ0n) is 29.8.